The van der Waals surface area contributed by atoms with E-state index in [4.69, 9.17) is 10.5 Å². The van der Waals surface area contributed by atoms with Crippen molar-refractivity contribution in [2.45, 2.75) is 12.5 Å². The second kappa shape index (κ2) is 9.71. The van der Waals surface area contributed by atoms with Gasteiger partial charge in [0.2, 0.25) is 11.0 Å². The number of amides is 1. The van der Waals surface area contributed by atoms with E-state index in [1.54, 1.807) is 18.9 Å². The minimum absolute atomic E-state index is 0. The van der Waals surface area contributed by atoms with Gasteiger partial charge >= 0.3 is 0 Å². The third-order valence-corrected chi connectivity index (χ3v) is 4.23. The molecule has 0 aliphatic rings. The number of benzene rings is 1. The number of nitrogens with zero attached hydrogens (tertiary/aromatic N) is 2. The second-order valence-corrected chi connectivity index (χ2v) is 6.27. The van der Waals surface area contributed by atoms with Gasteiger partial charge in [0.05, 0.1) is 13.2 Å². The molecule has 1 unspecified atom stereocenters. The first-order valence-electron chi connectivity index (χ1n) is 6.67. The summed E-state index contributed by atoms with van der Waals surface area (Å²) in [6.07, 6.45) is 2.62. The Kier molecular flexibility index (Phi) is 8.32. The molecule has 9 heteroatoms. The summed E-state index contributed by atoms with van der Waals surface area (Å²) in [4.78, 5) is 16.3. The number of ether oxygens (including phenoxy) is 1. The minimum atomic E-state index is -0.531. The Bertz CT molecular complexity index is 639. The van der Waals surface area contributed by atoms with E-state index < -0.39 is 6.04 Å². The van der Waals surface area contributed by atoms with Crippen molar-refractivity contribution in [2.24, 2.45) is 5.73 Å². The first kappa shape index (κ1) is 19.7. The number of rotatable bonds is 7. The van der Waals surface area contributed by atoms with Crippen molar-refractivity contribution in [2.75, 3.05) is 24.4 Å². The van der Waals surface area contributed by atoms with E-state index in [1.165, 1.54) is 0 Å². The Morgan fingerprint density at radius 2 is 2.30 bits per heavy atom. The Hall–Kier alpha value is -1.35. The molecular formula is C14H19ClN4O2S2. The van der Waals surface area contributed by atoms with Crippen LogP contribution in [0.1, 0.15) is 6.42 Å². The molecule has 3 N–H and O–H groups in total. The number of thioether (sulfide) groups is 1. The van der Waals surface area contributed by atoms with E-state index in [1.807, 2.05) is 30.5 Å². The molecule has 0 bridgehead atoms. The topological polar surface area (TPSA) is 90.1 Å². The van der Waals surface area contributed by atoms with Gasteiger partial charge in [-0.05, 0) is 30.6 Å². The maximum atomic E-state index is 11.9. The lowest BCUT2D eigenvalue weighted by Gasteiger charge is -2.09. The molecule has 0 saturated carbocycles. The monoisotopic (exact) mass is 374 g/mol. The molecule has 1 atom stereocenters. The van der Waals surface area contributed by atoms with Gasteiger partial charge in [0.1, 0.15) is 5.75 Å². The number of hydrogen-bond acceptors (Lipinski definition) is 7. The lowest BCUT2D eigenvalue weighted by Crippen LogP contribution is -2.36. The van der Waals surface area contributed by atoms with Gasteiger partial charge in [0.15, 0.2) is 5.82 Å². The number of nitrogens with two attached hydrogens (primary N) is 1. The zero-order chi connectivity index (χ0) is 15.9. The molecule has 126 valence electrons. The van der Waals surface area contributed by atoms with Crippen molar-refractivity contribution < 1.29 is 9.53 Å². The number of carbonyl (C=O) groups excluding carboxylic acids is 1. The Labute approximate surface area is 149 Å². The summed E-state index contributed by atoms with van der Waals surface area (Å²) in [7, 11) is 1.61. The molecule has 0 aliphatic heterocycles. The number of hydrogen-bond donors (Lipinski definition) is 2. The number of methoxy groups -OCH3 is 1. The Morgan fingerprint density at radius 1 is 1.52 bits per heavy atom. The summed E-state index contributed by atoms with van der Waals surface area (Å²) in [6, 6.07) is 6.92. The molecule has 1 amide bonds. The number of halogens is 1. The molecule has 1 heterocycles. The number of carbonyl (C=O) groups is 1. The van der Waals surface area contributed by atoms with Crippen molar-refractivity contribution >= 4 is 46.7 Å². The molecule has 0 radical (unpaired) electrons. The standard InChI is InChI=1S/C14H18N4O2S2.ClH/c1-20-10-5-3-4-9(8-10)12-16-14(22-18-12)17-13(19)11(15)6-7-21-2;/h3-5,8,11H,6-7,15H2,1-2H3,(H,16,17,18,19);1H. The van der Waals surface area contributed by atoms with Crippen molar-refractivity contribution in [1.29, 1.82) is 0 Å². The van der Waals surface area contributed by atoms with Crippen LogP contribution in [0.4, 0.5) is 5.13 Å². The second-order valence-electron chi connectivity index (χ2n) is 4.53. The summed E-state index contributed by atoms with van der Waals surface area (Å²) in [5.74, 6) is 1.90. The van der Waals surface area contributed by atoms with Gasteiger partial charge in [0.25, 0.3) is 0 Å². The smallest absolute Gasteiger partial charge is 0.243 e. The summed E-state index contributed by atoms with van der Waals surface area (Å²) in [6.45, 7) is 0. The zero-order valence-corrected chi connectivity index (χ0v) is 15.3. The molecule has 23 heavy (non-hydrogen) atoms. The molecule has 0 spiro atoms. The molecule has 2 rings (SSSR count). The highest BCUT2D eigenvalue weighted by molar-refractivity contribution is 7.98. The number of anilines is 1. The Morgan fingerprint density at radius 3 is 3.00 bits per heavy atom. The third-order valence-electron chi connectivity index (χ3n) is 2.95. The van der Waals surface area contributed by atoms with E-state index in [9.17, 15) is 4.79 Å². The van der Waals surface area contributed by atoms with Gasteiger partial charge in [0, 0.05) is 17.1 Å². The molecule has 0 fully saturated rings. The average molecular weight is 375 g/mol. The largest absolute Gasteiger partial charge is 0.497 e. The van der Waals surface area contributed by atoms with Crippen LogP contribution in [0.3, 0.4) is 0 Å². The summed E-state index contributed by atoms with van der Waals surface area (Å²) in [5, 5.41) is 3.16. The van der Waals surface area contributed by atoms with Gasteiger partial charge in [-0.3, -0.25) is 10.1 Å². The highest BCUT2D eigenvalue weighted by Gasteiger charge is 2.15. The van der Waals surface area contributed by atoms with Crippen LogP contribution in [0.15, 0.2) is 24.3 Å². The molecule has 0 aliphatic carbocycles. The Balaban J connectivity index is 0.00000264. The van der Waals surface area contributed by atoms with Crippen LogP contribution in [0.5, 0.6) is 5.75 Å². The maximum Gasteiger partial charge on any atom is 0.243 e. The van der Waals surface area contributed by atoms with Crippen LogP contribution in [-0.2, 0) is 4.79 Å². The van der Waals surface area contributed by atoms with Crippen molar-refractivity contribution in [3.05, 3.63) is 24.3 Å². The van der Waals surface area contributed by atoms with Crippen molar-refractivity contribution in [3.8, 4) is 17.1 Å². The van der Waals surface area contributed by atoms with Gasteiger partial charge in [-0.2, -0.15) is 21.1 Å². The normalized spacial score (nSPS) is 11.4. The molecule has 1 aromatic carbocycles. The first-order chi connectivity index (χ1) is 10.6. The van der Waals surface area contributed by atoms with Gasteiger partial charge in [-0.1, -0.05) is 12.1 Å². The summed E-state index contributed by atoms with van der Waals surface area (Å²) < 4.78 is 9.43. The molecule has 1 aromatic heterocycles. The first-order valence-corrected chi connectivity index (χ1v) is 8.84. The van der Waals surface area contributed by atoms with Crippen LogP contribution < -0.4 is 15.8 Å². The molecule has 0 saturated heterocycles. The zero-order valence-electron chi connectivity index (χ0n) is 12.8. The van der Waals surface area contributed by atoms with Crippen LogP contribution in [0, 0.1) is 0 Å². The highest BCUT2D eigenvalue weighted by atomic mass is 35.5. The fourth-order valence-corrected chi connectivity index (χ4v) is 2.81. The predicted octanol–water partition coefficient (Wildman–Crippen LogP) is 2.65. The van der Waals surface area contributed by atoms with Crippen LogP contribution in [0.2, 0.25) is 0 Å². The molecular weight excluding hydrogens is 356 g/mol. The molecule has 6 nitrogen and oxygen atoms in total. The highest BCUT2D eigenvalue weighted by Crippen LogP contribution is 2.24. The minimum Gasteiger partial charge on any atom is -0.497 e. The van der Waals surface area contributed by atoms with Gasteiger partial charge in [-0.25, -0.2) is 0 Å². The molecule has 2 aromatic rings. The van der Waals surface area contributed by atoms with E-state index >= 15 is 0 Å². The SMILES string of the molecule is COc1cccc(-c2nsc(NC(=O)C(N)CCSC)n2)c1.Cl. The van der Waals surface area contributed by atoms with Crippen LogP contribution >= 0.6 is 35.7 Å². The van der Waals surface area contributed by atoms with E-state index in [0.29, 0.717) is 17.4 Å². The maximum absolute atomic E-state index is 11.9. The van der Waals surface area contributed by atoms with Gasteiger partial charge in [-0.15, -0.1) is 12.4 Å². The average Bonchev–Trinajstić information content (AvgIpc) is 3.01. The lowest BCUT2D eigenvalue weighted by molar-refractivity contribution is -0.117. The van der Waals surface area contributed by atoms with Crippen molar-refractivity contribution in [3.63, 3.8) is 0 Å². The number of aromatic nitrogens is 2. The van der Waals surface area contributed by atoms with E-state index in [2.05, 4.69) is 14.7 Å². The van der Waals surface area contributed by atoms with E-state index in [0.717, 1.165) is 28.6 Å². The fraction of sp³-hybridized carbons (Fsp3) is 0.357. The summed E-state index contributed by atoms with van der Waals surface area (Å²) >= 11 is 2.79. The van der Waals surface area contributed by atoms with E-state index in [-0.39, 0.29) is 18.3 Å². The summed E-state index contributed by atoms with van der Waals surface area (Å²) in [5.41, 5.74) is 6.66. The fourth-order valence-electron chi connectivity index (χ4n) is 1.73. The third kappa shape index (κ3) is 5.65. The quantitative estimate of drug-likeness (QED) is 0.774. The number of nitrogens with one attached hydrogen (secondary N) is 1. The van der Waals surface area contributed by atoms with Crippen molar-refractivity contribution in [1.82, 2.24) is 9.36 Å². The van der Waals surface area contributed by atoms with Gasteiger partial charge < -0.3 is 10.5 Å². The van der Waals surface area contributed by atoms with Crippen LogP contribution in [-0.4, -0.2) is 40.4 Å². The van der Waals surface area contributed by atoms with Crippen LogP contribution in [0.25, 0.3) is 11.4 Å². The predicted molar refractivity (Wildman–Crippen MR) is 98.7 cm³/mol. The lowest BCUT2D eigenvalue weighted by atomic mass is 10.2.